The summed E-state index contributed by atoms with van der Waals surface area (Å²) >= 11 is 0. The van der Waals surface area contributed by atoms with E-state index in [0.29, 0.717) is 24.9 Å². The molecule has 1 unspecified atom stereocenters. The van der Waals surface area contributed by atoms with E-state index < -0.39 is 12.1 Å². The standard InChI is InChI=1S/C23H27F3N6/c1-15(2)32-22(31-12-4-5-19(14-31)23(24,25)26)29-21(30-32)28-20-8-6-17(7-9-20)18-10-11-27-16(3)13-18/h6-11,13,15,19H,4-5,12,14H2,1-3H3,(H,28,30). The van der Waals surface area contributed by atoms with Gasteiger partial charge in [-0.1, -0.05) is 12.1 Å². The molecule has 0 spiro atoms. The van der Waals surface area contributed by atoms with Gasteiger partial charge in [0.05, 0.1) is 12.0 Å². The van der Waals surface area contributed by atoms with Crippen LogP contribution >= 0.6 is 0 Å². The number of piperidine rings is 1. The monoisotopic (exact) mass is 444 g/mol. The molecule has 4 rings (SSSR count). The van der Waals surface area contributed by atoms with Crippen molar-refractivity contribution in [3.05, 3.63) is 48.3 Å². The largest absolute Gasteiger partial charge is 0.393 e. The molecule has 9 heteroatoms. The molecule has 1 aliphatic rings. The zero-order valence-corrected chi connectivity index (χ0v) is 18.4. The molecule has 32 heavy (non-hydrogen) atoms. The minimum absolute atomic E-state index is 0.0309. The van der Waals surface area contributed by atoms with E-state index in [0.717, 1.165) is 22.5 Å². The van der Waals surface area contributed by atoms with Crippen LogP contribution in [0.1, 0.15) is 38.4 Å². The summed E-state index contributed by atoms with van der Waals surface area (Å²) in [6, 6.07) is 11.8. The Labute approximate surface area is 185 Å². The highest BCUT2D eigenvalue weighted by atomic mass is 19.4. The average Bonchev–Trinajstić information content (AvgIpc) is 3.18. The van der Waals surface area contributed by atoms with Crippen LogP contribution in [0.5, 0.6) is 0 Å². The molecule has 0 radical (unpaired) electrons. The molecule has 0 amide bonds. The summed E-state index contributed by atoms with van der Waals surface area (Å²) in [5.41, 5.74) is 3.90. The molecule has 1 saturated heterocycles. The van der Waals surface area contributed by atoms with Crippen molar-refractivity contribution in [2.45, 2.75) is 45.8 Å². The van der Waals surface area contributed by atoms with Gasteiger partial charge in [-0.2, -0.15) is 18.2 Å². The third-order valence-electron chi connectivity index (χ3n) is 5.64. The van der Waals surface area contributed by atoms with Crippen LogP contribution in [-0.4, -0.2) is 39.0 Å². The van der Waals surface area contributed by atoms with Gasteiger partial charge >= 0.3 is 6.18 Å². The molecule has 1 N–H and O–H groups in total. The molecule has 0 saturated carbocycles. The zero-order chi connectivity index (χ0) is 22.9. The van der Waals surface area contributed by atoms with Gasteiger partial charge in [0, 0.05) is 30.7 Å². The molecule has 3 heterocycles. The van der Waals surface area contributed by atoms with E-state index in [9.17, 15) is 13.2 Å². The van der Waals surface area contributed by atoms with Crippen LogP contribution in [0.25, 0.3) is 11.1 Å². The van der Waals surface area contributed by atoms with E-state index in [-0.39, 0.29) is 19.0 Å². The number of aryl methyl sites for hydroxylation is 1. The lowest BCUT2D eigenvalue weighted by Crippen LogP contribution is -2.43. The highest BCUT2D eigenvalue weighted by molar-refractivity contribution is 5.67. The van der Waals surface area contributed by atoms with Crippen molar-refractivity contribution in [1.82, 2.24) is 19.7 Å². The number of rotatable bonds is 5. The summed E-state index contributed by atoms with van der Waals surface area (Å²) in [6.07, 6.45) is -1.78. The molecule has 0 aliphatic carbocycles. The van der Waals surface area contributed by atoms with Crippen LogP contribution in [0.2, 0.25) is 0 Å². The normalized spacial score (nSPS) is 17.1. The van der Waals surface area contributed by atoms with Gasteiger partial charge in [0.1, 0.15) is 0 Å². The van der Waals surface area contributed by atoms with Crippen LogP contribution in [0, 0.1) is 12.8 Å². The van der Waals surface area contributed by atoms with Crippen molar-refractivity contribution in [1.29, 1.82) is 0 Å². The second-order valence-corrected chi connectivity index (χ2v) is 8.49. The fourth-order valence-electron chi connectivity index (χ4n) is 3.96. The molecule has 1 atom stereocenters. The summed E-state index contributed by atoms with van der Waals surface area (Å²) in [5, 5.41) is 7.71. The van der Waals surface area contributed by atoms with Crippen molar-refractivity contribution in [3.8, 4) is 11.1 Å². The molecular weight excluding hydrogens is 417 g/mol. The van der Waals surface area contributed by atoms with E-state index >= 15 is 0 Å². The third-order valence-corrected chi connectivity index (χ3v) is 5.64. The van der Waals surface area contributed by atoms with Crippen molar-refractivity contribution in [2.75, 3.05) is 23.3 Å². The fourth-order valence-corrected chi connectivity index (χ4v) is 3.96. The second-order valence-electron chi connectivity index (χ2n) is 8.49. The first-order chi connectivity index (χ1) is 15.2. The Kier molecular flexibility index (Phi) is 6.08. The van der Waals surface area contributed by atoms with Crippen molar-refractivity contribution < 1.29 is 13.2 Å². The zero-order valence-electron chi connectivity index (χ0n) is 18.4. The van der Waals surface area contributed by atoms with Crippen LogP contribution in [0.4, 0.5) is 30.8 Å². The number of anilines is 3. The van der Waals surface area contributed by atoms with E-state index in [4.69, 9.17) is 0 Å². The maximum Gasteiger partial charge on any atom is 0.393 e. The number of halogens is 3. The Morgan fingerprint density at radius 2 is 1.84 bits per heavy atom. The van der Waals surface area contributed by atoms with Gasteiger partial charge in [-0.25, -0.2) is 4.68 Å². The maximum absolute atomic E-state index is 13.3. The molecule has 1 fully saturated rings. The predicted octanol–water partition coefficient (Wildman–Crippen LogP) is 5.75. The number of pyridine rings is 1. The highest BCUT2D eigenvalue weighted by Crippen LogP contribution is 2.35. The summed E-state index contributed by atoms with van der Waals surface area (Å²) in [5.74, 6) is -0.495. The van der Waals surface area contributed by atoms with Crippen LogP contribution in [0.3, 0.4) is 0 Å². The summed E-state index contributed by atoms with van der Waals surface area (Å²) in [4.78, 5) is 10.5. The van der Waals surface area contributed by atoms with Gasteiger partial charge in [0.15, 0.2) is 0 Å². The third kappa shape index (κ3) is 4.87. The van der Waals surface area contributed by atoms with Gasteiger partial charge in [-0.15, -0.1) is 5.10 Å². The quantitative estimate of drug-likeness (QED) is 0.543. The van der Waals surface area contributed by atoms with Gasteiger partial charge < -0.3 is 10.2 Å². The summed E-state index contributed by atoms with van der Waals surface area (Å²) in [6.45, 7) is 6.29. The summed E-state index contributed by atoms with van der Waals surface area (Å²) < 4.78 is 41.5. The lowest BCUT2D eigenvalue weighted by Gasteiger charge is -2.34. The number of hydrogen-bond acceptors (Lipinski definition) is 5. The minimum atomic E-state index is -4.20. The molecule has 1 aromatic carbocycles. The topological polar surface area (TPSA) is 58.9 Å². The second kappa shape index (κ2) is 8.80. The Hall–Kier alpha value is -3.10. The highest BCUT2D eigenvalue weighted by Gasteiger charge is 2.42. The van der Waals surface area contributed by atoms with Gasteiger partial charge in [-0.05, 0) is 69.0 Å². The first-order valence-corrected chi connectivity index (χ1v) is 10.8. The van der Waals surface area contributed by atoms with Crippen LogP contribution < -0.4 is 10.2 Å². The van der Waals surface area contributed by atoms with Gasteiger partial charge in [-0.3, -0.25) is 4.98 Å². The number of alkyl halides is 3. The van der Waals surface area contributed by atoms with Crippen molar-refractivity contribution >= 4 is 17.6 Å². The van der Waals surface area contributed by atoms with Crippen molar-refractivity contribution in [2.24, 2.45) is 5.92 Å². The Morgan fingerprint density at radius 1 is 1.09 bits per heavy atom. The Morgan fingerprint density at radius 3 is 2.50 bits per heavy atom. The maximum atomic E-state index is 13.3. The van der Waals surface area contributed by atoms with Gasteiger partial charge in [0.2, 0.25) is 11.9 Å². The number of nitrogens with zero attached hydrogens (tertiary/aromatic N) is 5. The molecular formula is C23H27F3N6. The smallest absolute Gasteiger partial charge is 0.340 e. The molecule has 170 valence electrons. The molecule has 0 bridgehead atoms. The van der Waals surface area contributed by atoms with E-state index in [1.807, 2.05) is 57.2 Å². The molecule has 6 nitrogen and oxygen atoms in total. The Balaban J connectivity index is 1.53. The lowest BCUT2D eigenvalue weighted by molar-refractivity contribution is -0.176. The first kappa shape index (κ1) is 22.1. The number of hydrogen-bond donors (Lipinski definition) is 1. The first-order valence-electron chi connectivity index (χ1n) is 10.8. The van der Waals surface area contributed by atoms with Crippen LogP contribution in [-0.2, 0) is 0 Å². The predicted molar refractivity (Wildman–Crippen MR) is 119 cm³/mol. The molecule has 3 aromatic rings. The SMILES string of the molecule is Cc1cc(-c2ccc(Nc3nc(N4CCCC(C(F)(F)F)C4)n(C(C)C)n3)cc2)ccn1. The van der Waals surface area contributed by atoms with Crippen LogP contribution in [0.15, 0.2) is 42.6 Å². The average molecular weight is 445 g/mol. The lowest BCUT2D eigenvalue weighted by atomic mass is 9.98. The van der Waals surface area contributed by atoms with E-state index in [2.05, 4.69) is 20.4 Å². The van der Waals surface area contributed by atoms with Crippen molar-refractivity contribution in [3.63, 3.8) is 0 Å². The molecule has 1 aliphatic heterocycles. The number of nitrogens with one attached hydrogen (secondary N) is 1. The van der Waals surface area contributed by atoms with E-state index in [1.54, 1.807) is 15.8 Å². The number of aromatic nitrogens is 4. The molecule has 2 aromatic heterocycles. The Bertz CT molecular complexity index is 1060. The number of benzene rings is 1. The summed E-state index contributed by atoms with van der Waals surface area (Å²) in [7, 11) is 0. The fraction of sp³-hybridized carbons (Fsp3) is 0.435. The van der Waals surface area contributed by atoms with Gasteiger partial charge in [0.25, 0.3) is 0 Å². The van der Waals surface area contributed by atoms with E-state index in [1.165, 1.54) is 0 Å². The minimum Gasteiger partial charge on any atom is -0.340 e.